The van der Waals surface area contributed by atoms with Crippen LogP contribution in [-0.4, -0.2) is 70.2 Å². The van der Waals surface area contributed by atoms with Gasteiger partial charge < -0.3 is 25.8 Å². The normalized spacial score (nSPS) is 15.4. The SMILES string of the molecule is CN(C)c1ccc(C(=O)N[C@@H]2CCCN(c3cnc(NC=O)c(Nc4ccc(S(C)(=O)=O)cc4)n3)C2)cc1. The Bertz CT molecular complexity index is 1390. The third-order valence-corrected chi connectivity index (χ3v) is 7.36. The Morgan fingerprint density at radius 2 is 1.79 bits per heavy atom. The number of hydrogen-bond donors (Lipinski definition) is 3. The zero-order valence-corrected chi connectivity index (χ0v) is 22.3. The molecule has 3 aromatic rings. The van der Waals surface area contributed by atoms with Gasteiger partial charge in [-0.1, -0.05) is 0 Å². The number of nitrogens with one attached hydrogen (secondary N) is 3. The number of amides is 2. The van der Waals surface area contributed by atoms with Gasteiger partial charge in [-0.2, -0.15) is 0 Å². The summed E-state index contributed by atoms with van der Waals surface area (Å²) < 4.78 is 23.5. The van der Waals surface area contributed by atoms with Crippen molar-refractivity contribution in [1.29, 1.82) is 0 Å². The van der Waals surface area contributed by atoms with Crippen molar-refractivity contribution < 1.29 is 18.0 Å². The molecule has 2 heterocycles. The van der Waals surface area contributed by atoms with Crippen molar-refractivity contribution >= 4 is 51.0 Å². The van der Waals surface area contributed by atoms with E-state index in [9.17, 15) is 18.0 Å². The Balaban J connectivity index is 1.48. The van der Waals surface area contributed by atoms with E-state index in [-0.39, 0.29) is 22.7 Å². The Hall–Kier alpha value is -4.19. The van der Waals surface area contributed by atoms with E-state index in [1.807, 2.05) is 48.2 Å². The van der Waals surface area contributed by atoms with Crippen LogP contribution in [0.2, 0.25) is 0 Å². The van der Waals surface area contributed by atoms with E-state index >= 15 is 0 Å². The van der Waals surface area contributed by atoms with Crippen molar-refractivity contribution in [3.63, 3.8) is 0 Å². The zero-order chi connectivity index (χ0) is 27.3. The van der Waals surface area contributed by atoms with Gasteiger partial charge in [0.15, 0.2) is 21.5 Å². The lowest BCUT2D eigenvalue weighted by molar-refractivity contribution is -0.105. The van der Waals surface area contributed by atoms with Crippen LogP contribution in [0, 0.1) is 0 Å². The Labute approximate surface area is 222 Å². The average molecular weight is 538 g/mol. The molecule has 0 unspecified atom stereocenters. The van der Waals surface area contributed by atoms with Gasteiger partial charge in [-0.3, -0.25) is 9.59 Å². The number of piperidine rings is 1. The number of carbonyl (C=O) groups is 2. The maximum atomic E-state index is 12.8. The summed E-state index contributed by atoms with van der Waals surface area (Å²) in [5.41, 5.74) is 2.21. The third kappa shape index (κ3) is 6.57. The second-order valence-corrected chi connectivity index (χ2v) is 11.3. The molecule has 0 spiro atoms. The molecule has 1 atom stereocenters. The van der Waals surface area contributed by atoms with Crippen LogP contribution in [0.5, 0.6) is 0 Å². The first-order chi connectivity index (χ1) is 18.1. The predicted octanol–water partition coefficient (Wildman–Crippen LogP) is 2.66. The van der Waals surface area contributed by atoms with Crippen molar-refractivity contribution in [2.45, 2.75) is 23.8 Å². The molecule has 1 aliphatic heterocycles. The monoisotopic (exact) mass is 537 g/mol. The first-order valence-corrected chi connectivity index (χ1v) is 14.0. The lowest BCUT2D eigenvalue weighted by Crippen LogP contribution is -2.48. The summed E-state index contributed by atoms with van der Waals surface area (Å²) in [6.07, 6.45) is 4.93. The van der Waals surface area contributed by atoms with Crippen LogP contribution in [-0.2, 0) is 14.6 Å². The van der Waals surface area contributed by atoms with E-state index in [4.69, 9.17) is 0 Å². The molecule has 4 rings (SSSR count). The molecule has 0 bridgehead atoms. The Morgan fingerprint density at radius 3 is 2.42 bits per heavy atom. The molecule has 200 valence electrons. The molecule has 11 nitrogen and oxygen atoms in total. The number of rotatable bonds is 9. The van der Waals surface area contributed by atoms with Crippen LogP contribution in [0.15, 0.2) is 59.6 Å². The third-order valence-electron chi connectivity index (χ3n) is 6.23. The van der Waals surface area contributed by atoms with Gasteiger partial charge in [0, 0.05) is 56.4 Å². The predicted molar refractivity (Wildman–Crippen MR) is 148 cm³/mol. The van der Waals surface area contributed by atoms with Gasteiger partial charge in [0.05, 0.1) is 11.1 Å². The summed E-state index contributed by atoms with van der Waals surface area (Å²) in [7, 11) is 0.580. The van der Waals surface area contributed by atoms with E-state index in [2.05, 4.69) is 25.9 Å². The number of carbonyl (C=O) groups excluding carboxylic acids is 2. The fourth-order valence-electron chi connectivity index (χ4n) is 4.19. The molecule has 0 aliphatic carbocycles. The molecule has 2 aromatic carbocycles. The smallest absolute Gasteiger partial charge is 0.251 e. The number of sulfone groups is 1. The van der Waals surface area contributed by atoms with Crippen molar-refractivity contribution in [3.05, 3.63) is 60.3 Å². The second kappa shape index (κ2) is 11.5. The second-order valence-electron chi connectivity index (χ2n) is 9.31. The van der Waals surface area contributed by atoms with Gasteiger partial charge >= 0.3 is 0 Å². The van der Waals surface area contributed by atoms with Crippen molar-refractivity contribution in [2.24, 2.45) is 0 Å². The topological polar surface area (TPSA) is 137 Å². The minimum Gasteiger partial charge on any atom is -0.378 e. The molecular weight excluding hydrogens is 506 g/mol. The van der Waals surface area contributed by atoms with E-state index in [1.54, 1.807) is 18.3 Å². The average Bonchev–Trinajstić information content (AvgIpc) is 2.90. The van der Waals surface area contributed by atoms with Crippen LogP contribution in [0.4, 0.5) is 28.8 Å². The maximum absolute atomic E-state index is 12.8. The number of nitrogens with zero attached hydrogens (tertiary/aromatic N) is 4. The highest BCUT2D eigenvalue weighted by atomic mass is 32.2. The Morgan fingerprint density at radius 1 is 1.08 bits per heavy atom. The first kappa shape index (κ1) is 26.9. The van der Waals surface area contributed by atoms with Crippen LogP contribution < -0.4 is 25.8 Å². The van der Waals surface area contributed by atoms with Gasteiger partial charge in [0.1, 0.15) is 5.82 Å². The van der Waals surface area contributed by atoms with Crippen LogP contribution in [0.1, 0.15) is 23.2 Å². The van der Waals surface area contributed by atoms with Gasteiger partial charge in [-0.25, -0.2) is 18.4 Å². The highest BCUT2D eigenvalue weighted by Gasteiger charge is 2.24. The fourth-order valence-corrected chi connectivity index (χ4v) is 4.82. The molecule has 2 amide bonds. The van der Waals surface area contributed by atoms with E-state index < -0.39 is 9.84 Å². The maximum Gasteiger partial charge on any atom is 0.251 e. The minimum atomic E-state index is -3.32. The van der Waals surface area contributed by atoms with Crippen LogP contribution in [0.3, 0.4) is 0 Å². The van der Waals surface area contributed by atoms with Gasteiger partial charge in [-0.15, -0.1) is 0 Å². The molecule has 3 N–H and O–H groups in total. The highest BCUT2D eigenvalue weighted by molar-refractivity contribution is 7.90. The van der Waals surface area contributed by atoms with Gasteiger partial charge in [0.25, 0.3) is 5.91 Å². The lowest BCUT2D eigenvalue weighted by Gasteiger charge is -2.34. The van der Waals surface area contributed by atoms with E-state index in [0.717, 1.165) is 31.3 Å². The quantitative estimate of drug-likeness (QED) is 0.352. The summed E-state index contributed by atoms with van der Waals surface area (Å²) in [6, 6.07) is 13.6. The molecule has 38 heavy (non-hydrogen) atoms. The number of aromatic nitrogens is 2. The van der Waals surface area contributed by atoms with E-state index in [0.29, 0.717) is 35.8 Å². The standard InChI is InChI=1S/C26H31N7O4S/c1-32(2)21-10-6-18(7-11-21)26(35)30-20-5-4-14-33(16-20)23-15-27-24(28-17-34)25(31-23)29-19-8-12-22(13-9-19)38(3,36)37/h6-13,15,17,20H,4-5,14,16H2,1-3H3,(H,29,31)(H,30,35)(H,27,28,34)/t20-/m1/s1. The largest absolute Gasteiger partial charge is 0.378 e. The summed E-state index contributed by atoms with van der Waals surface area (Å²) in [5, 5.41) is 8.76. The lowest BCUT2D eigenvalue weighted by atomic mass is 10.0. The van der Waals surface area contributed by atoms with E-state index in [1.165, 1.54) is 12.1 Å². The van der Waals surface area contributed by atoms with Crippen molar-refractivity contribution in [3.8, 4) is 0 Å². The fraction of sp³-hybridized carbons (Fsp3) is 0.308. The molecule has 0 radical (unpaired) electrons. The number of anilines is 5. The first-order valence-electron chi connectivity index (χ1n) is 12.1. The zero-order valence-electron chi connectivity index (χ0n) is 21.5. The minimum absolute atomic E-state index is 0.0701. The molecule has 1 fully saturated rings. The molecule has 1 aromatic heterocycles. The van der Waals surface area contributed by atoms with Crippen molar-refractivity contribution in [2.75, 3.05) is 53.9 Å². The molecular formula is C26H31N7O4S. The number of benzene rings is 2. The molecule has 1 saturated heterocycles. The molecule has 0 saturated carbocycles. The van der Waals surface area contributed by atoms with Crippen molar-refractivity contribution in [1.82, 2.24) is 15.3 Å². The highest BCUT2D eigenvalue weighted by Crippen LogP contribution is 2.27. The molecule has 1 aliphatic rings. The van der Waals surface area contributed by atoms with Gasteiger partial charge in [-0.05, 0) is 61.4 Å². The van der Waals surface area contributed by atoms with Crippen LogP contribution >= 0.6 is 0 Å². The summed E-state index contributed by atoms with van der Waals surface area (Å²) >= 11 is 0. The summed E-state index contributed by atoms with van der Waals surface area (Å²) in [6.45, 7) is 1.29. The summed E-state index contributed by atoms with van der Waals surface area (Å²) in [5.74, 6) is 1.01. The summed E-state index contributed by atoms with van der Waals surface area (Å²) in [4.78, 5) is 37.2. The molecule has 12 heteroatoms. The van der Waals surface area contributed by atoms with Crippen LogP contribution in [0.25, 0.3) is 0 Å². The van der Waals surface area contributed by atoms with Gasteiger partial charge in [0.2, 0.25) is 6.41 Å². The number of hydrogen-bond acceptors (Lipinski definition) is 9. The Kier molecular flexibility index (Phi) is 8.10.